The average molecular weight is 376 g/mol. The number of aryl methyl sites for hydroxylation is 1. The molecular weight excluding hydrogens is 356 g/mol. The van der Waals surface area contributed by atoms with Gasteiger partial charge in [-0.3, -0.25) is 9.59 Å². The van der Waals surface area contributed by atoms with Crippen molar-refractivity contribution in [3.8, 4) is 0 Å². The Morgan fingerprint density at radius 2 is 1.85 bits per heavy atom. The molecule has 4 nitrogen and oxygen atoms in total. The minimum absolute atomic E-state index is 0.0245. The molecule has 1 N–H and O–H groups in total. The van der Waals surface area contributed by atoms with E-state index < -0.39 is 0 Å². The summed E-state index contributed by atoms with van der Waals surface area (Å²) in [6, 6.07) is 17.6. The second-order valence-corrected chi connectivity index (χ2v) is 7.61. The van der Waals surface area contributed by atoms with E-state index in [4.69, 9.17) is 0 Å². The molecule has 0 spiro atoms. The van der Waals surface area contributed by atoms with Crippen molar-refractivity contribution in [2.45, 2.75) is 18.7 Å². The molecule has 0 unspecified atom stereocenters. The standard InChI is InChI=1S/C22H20N2O2S/c1-3-24-19-12-11-18(16-5-4-6-17(21(16)19)22(24)26)23-20(25)13-27-15-9-7-14(2)8-10-15/h4-12H,3,13H2,1-2H3,(H,23,25). The van der Waals surface area contributed by atoms with Gasteiger partial charge in [0, 0.05) is 33.5 Å². The fraction of sp³-hybridized carbons (Fsp3) is 0.182. The average Bonchev–Trinajstić information content (AvgIpc) is 2.96. The van der Waals surface area contributed by atoms with E-state index in [2.05, 4.69) is 5.32 Å². The van der Waals surface area contributed by atoms with Gasteiger partial charge < -0.3 is 10.2 Å². The molecule has 3 aromatic rings. The summed E-state index contributed by atoms with van der Waals surface area (Å²) in [7, 11) is 0. The largest absolute Gasteiger partial charge is 0.325 e. The van der Waals surface area contributed by atoms with E-state index in [1.54, 1.807) is 4.90 Å². The third-order valence-electron chi connectivity index (χ3n) is 4.77. The highest BCUT2D eigenvalue weighted by Gasteiger charge is 2.29. The lowest BCUT2D eigenvalue weighted by atomic mass is 10.0. The second-order valence-electron chi connectivity index (χ2n) is 6.56. The highest BCUT2D eigenvalue weighted by Crippen LogP contribution is 2.40. The van der Waals surface area contributed by atoms with Gasteiger partial charge in [-0.25, -0.2) is 0 Å². The minimum atomic E-state index is -0.0575. The van der Waals surface area contributed by atoms with Crippen molar-refractivity contribution in [3.05, 3.63) is 65.7 Å². The van der Waals surface area contributed by atoms with E-state index in [1.165, 1.54) is 17.3 Å². The number of benzene rings is 3. The van der Waals surface area contributed by atoms with E-state index in [1.807, 2.05) is 68.4 Å². The zero-order valence-electron chi connectivity index (χ0n) is 15.3. The lowest BCUT2D eigenvalue weighted by Gasteiger charge is -2.15. The predicted octanol–water partition coefficient (Wildman–Crippen LogP) is 4.86. The Balaban J connectivity index is 1.56. The van der Waals surface area contributed by atoms with Gasteiger partial charge in [-0.15, -0.1) is 11.8 Å². The lowest BCUT2D eigenvalue weighted by Crippen LogP contribution is -2.25. The molecule has 0 bridgehead atoms. The number of carbonyl (C=O) groups excluding carboxylic acids is 2. The van der Waals surface area contributed by atoms with E-state index in [-0.39, 0.29) is 11.8 Å². The number of rotatable bonds is 5. The van der Waals surface area contributed by atoms with Crippen LogP contribution in [0.5, 0.6) is 0 Å². The SMILES string of the molecule is CCN1C(=O)c2cccc3c(NC(=O)CSc4ccc(C)cc4)ccc1c23. The third kappa shape index (κ3) is 3.19. The molecule has 2 amide bonds. The van der Waals surface area contributed by atoms with Crippen LogP contribution in [0.25, 0.3) is 10.8 Å². The summed E-state index contributed by atoms with van der Waals surface area (Å²) >= 11 is 1.51. The van der Waals surface area contributed by atoms with Gasteiger partial charge in [0.05, 0.1) is 11.4 Å². The Bertz CT molecular complexity index is 1040. The fourth-order valence-electron chi connectivity index (χ4n) is 3.44. The summed E-state index contributed by atoms with van der Waals surface area (Å²) in [5.41, 5.74) is 3.57. The van der Waals surface area contributed by atoms with Crippen LogP contribution in [-0.4, -0.2) is 24.1 Å². The summed E-state index contributed by atoms with van der Waals surface area (Å²) in [5.74, 6) is 0.306. The Morgan fingerprint density at radius 3 is 2.59 bits per heavy atom. The zero-order chi connectivity index (χ0) is 19.0. The van der Waals surface area contributed by atoms with E-state index in [9.17, 15) is 9.59 Å². The molecule has 0 atom stereocenters. The van der Waals surface area contributed by atoms with Gasteiger partial charge in [0.2, 0.25) is 5.91 Å². The number of nitrogens with zero attached hydrogens (tertiary/aromatic N) is 1. The maximum Gasteiger partial charge on any atom is 0.258 e. The molecule has 0 aromatic heterocycles. The highest BCUT2D eigenvalue weighted by atomic mass is 32.2. The zero-order valence-corrected chi connectivity index (χ0v) is 16.1. The first-order chi connectivity index (χ1) is 13.1. The molecule has 4 rings (SSSR count). The number of hydrogen-bond acceptors (Lipinski definition) is 3. The van der Waals surface area contributed by atoms with Crippen molar-refractivity contribution in [3.63, 3.8) is 0 Å². The number of hydrogen-bond donors (Lipinski definition) is 1. The molecular formula is C22H20N2O2S. The van der Waals surface area contributed by atoms with Crippen LogP contribution in [0.2, 0.25) is 0 Å². The van der Waals surface area contributed by atoms with Crippen LogP contribution in [0.4, 0.5) is 11.4 Å². The van der Waals surface area contributed by atoms with Crippen LogP contribution in [0.15, 0.2) is 59.5 Å². The maximum atomic E-state index is 12.6. The molecule has 0 saturated carbocycles. The van der Waals surface area contributed by atoms with Crippen molar-refractivity contribution in [2.75, 3.05) is 22.5 Å². The van der Waals surface area contributed by atoms with Gasteiger partial charge in [0.15, 0.2) is 0 Å². The van der Waals surface area contributed by atoms with E-state index >= 15 is 0 Å². The van der Waals surface area contributed by atoms with Crippen molar-refractivity contribution >= 4 is 45.7 Å². The predicted molar refractivity (Wildman–Crippen MR) is 112 cm³/mol. The Kier molecular flexibility index (Phi) is 4.62. The third-order valence-corrected chi connectivity index (χ3v) is 5.78. The summed E-state index contributed by atoms with van der Waals surface area (Å²) in [4.78, 5) is 27.9. The summed E-state index contributed by atoms with van der Waals surface area (Å²) < 4.78 is 0. The molecule has 3 aromatic carbocycles. The van der Waals surface area contributed by atoms with E-state index in [0.29, 0.717) is 17.9 Å². The Hall–Kier alpha value is -2.79. The molecule has 5 heteroatoms. The van der Waals surface area contributed by atoms with Gasteiger partial charge >= 0.3 is 0 Å². The number of carbonyl (C=O) groups is 2. The van der Waals surface area contributed by atoms with Gasteiger partial charge in [0.1, 0.15) is 0 Å². The molecule has 1 aliphatic rings. The van der Waals surface area contributed by atoms with Crippen LogP contribution in [0.1, 0.15) is 22.8 Å². The van der Waals surface area contributed by atoms with Gasteiger partial charge in [0.25, 0.3) is 5.91 Å². The van der Waals surface area contributed by atoms with Gasteiger partial charge in [-0.05, 0) is 44.2 Å². The van der Waals surface area contributed by atoms with E-state index in [0.717, 1.165) is 27.0 Å². The van der Waals surface area contributed by atoms with Crippen LogP contribution in [-0.2, 0) is 4.79 Å². The quantitative estimate of drug-likeness (QED) is 0.647. The Labute approximate surface area is 162 Å². The number of anilines is 2. The highest BCUT2D eigenvalue weighted by molar-refractivity contribution is 8.00. The molecule has 0 aliphatic carbocycles. The van der Waals surface area contributed by atoms with Crippen LogP contribution in [0, 0.1) is 6.92 Å². The lowest BCUT2D eigenvalue weighted by molar-refractivity contribution is -0.113. The maximum absolute atomic E-state index is 12.6. The van der Waals surface area contributed by atoms with Crippen LogP contribution >= 0.6 is 11.8 Å². The first kappa shape index (κ1) is 17.6. The summed E-state index contributed by atoms with van der Waals surface area (Å²) in [5, 5.41) is 4.84. The molecule has 1 aliphatic heterocycles. The normalized spacial score (nSPS) is 12.7. The smallest absolute Gasteiger partial charge is 0.258 e. The molecule has 0 fully saturated rings. The first-order valence-corrected chi connectivity index (χ1v) is 9.94. The van der Waals surface area contributed by atoms with Gasteiger partial charge in [-0.1, -0.05) is 29.8 Å². The van der Waals surface area contributed by atoms with Crippen LogP contribution in [0.3, 0.4) is 0 Å². The van der Waals surface area contributed by atoms with Crippen molar-refractivity contribution in [1.29, 1.82) is 0 Å². The van der Waals surface area contributed by atoms with Gasteiger partial charge in [-0.2, -0.15) is 0 Å². The molecule has 136 valence electrons. The first-order valence-electron chi connectivity index (χ1n) is 8.95. The number of nitrogens with one attached hydrogen (secondary N) is 1. The number of amides is 2. The van der Waals surface area contributed by atoms with Crippen LogP contribution < -0.4 is 10.2 Å². The molecule has 1 heterocycles. The molecule has 0 radical (unpaired) electrons. The Morgan fingerprint density at radius 1 is 1.07 bits per heavy atom. The topological polar surface area (TPSA) is 49.4 Å². The van der Waals surface area contributed by atoms with Crippen molar-refractivity contribution in [1.82, 2.24) is 0 Å². The molecule has 27 heavy (non-hydrogen) atoms. The summed E-state index contributed by atoms with van der Waals surface area (Å²) in [6.07, 6.45) is 0. The summed E-state index contributed by atoms with van der Waals surface area (Å²) in [6.45, 7) is 4.64. The fourth-order valence-corrected chi connectivity index (χ4v) is 4.14. The van der Waals surface area contributed by atoms with Crippen molar-refractivity contribution in [2.24, 2.45) is 0 Å². The second kappa shape index (κ2) is 7.08. The molecule has 0 saturated heterocycles. The van der Waals surface area contributed by atoms with Crippen molar-refractivity contribution < 1.29 is 9.59 Å². The monoisotopic (exact) mass is 376 g/mol. The number of thioether (sulfide) groups is 1. The minimum Gasteiger partial charge on any atom is -0.325 e.